The monoisotopic (exact) mass is 366 g/mol. The molecule has 3 aromatic rings. The number of benzene rings is 2. The zero-order chi connectivity index (χ0) is 18.5. The Morgan fingerprint density at radius 3 is 2.73 bits per heavy atom. The Bertz CT molecular complexity index is 1070. The van der Waals surface area contributed by atoms with E-state index in [1.165, 1.54) is 5.56 Å². The van der Waals surface area contributed by atoms with Crippen LogP contribution >= 0.6 is 12.2 Å². The molecular formula is C19H18N4O2S. The van der Waals surface area contributed by atoms with Gasteiger partial charge in [-0.15, -0.1) is 0 Å². The molecule has 0 aliphatic carbocycles. The van der Waals surface area contributed by atoms with Gasteiger partial charge in [-0.3, -0.25) is 9.89 Å². The molecule has 6 nitrogen and oxygen atoms in total. The fourth-order valence-electron chi connectivity index (χ4n) is 2.34. The number of H-pyrrole nitrogens is 1. The van der Waals surface area contributed by atoms with Gasteiger partial charge in [-0.2, -0.15) is 14.9 Å². The molecule has 0 atom stereocenters. The third-order valence-electron chi connectivity index (χ3n) is 3.89. The molecule has 0 amide bonds. The van der Waals surface area contributed by atoms with Crippen LogP contribution in [0.2, 0.25) is 0 Å². The van der Waals surface area contributed by atoms with Gasteiger partial charge in [-0.25, -0.2) is 0 Å². The molecule has 7 heteroatoms. The predicted octanol–water partition coefficient (Wildman–Crippen LogP) is 3.38. The summed E-state index contributed by atoms with van der Waals surface area (Å²) in [5, 5.41) is 10.6. The molecule has 0 spiro atoms. The van der Waals surface area contributed by atoms with Crippen molar-refractivity contribution in [1.29, 1.82) is 0 Å². The maximum absolute atomic E-state index is 12.1. The molecule has 0 bridgehead atoms. The Morgan fingerprint density at radius 1 is 1.19 bits per heavy atom. The highest BCUT2D eigenvalue weighted by molar-refractivity contribution is 7.71. The molecule has 3 rings (SSSR count). The number of nitrogens with one attached hydrogen (secondary N) is 1. The highest BCUT2D eigenvalue weighted by atomic mass is 32.1. The van der Waals surface area contributed by atoms with E-state index in [2.05, 4.69) is 15.3 Å². The van der Waals surface area contributed by atoms with Gasteiger partial charge in [0.15, 0.2) is 0 Å². The molecule has 0 fully saturated rings. The van der Waals surface area contributed by atoms with Gasteiger partial charge in [0.05, 0.1) is 6.21 Å². The maximum atomic E-state index is 12.1. The first kappa shape index (κ1) is 17.8. The first-order valence-corrected chi connectivity index (χ1v) is 8.46. The van der Waals surface area contributed by atoms with Gasteiger partial charge in [0.2, 0.25) is 4.77 Å². The van der Waals surface area contributed by atoms with Crippen LogP contribution in [0.4, 0.5) is 0 Å². The molecule has 26 heavy (non-hydrogen) atoms. The summed E-state index contributed by atoms with van der Waals surface area (Å²) in [6.07, 6.45) is 1.55. The lowest BCUT2D eigenvalue weighted by molar-refractivity contribution is 0.305. The minimum atomic E-state index is -0.358. The number of ether oxygens (including phenoxy) is 1. The molecule has 1 aromatic heterocycles. The number of para-hydroxylation sites is 1. The van der Waals surface area contributed by atoms with E-state index in [9.17, 15) is 4.79 Å². The summed E-state index contributed by atoms with van der Waals surface area (Å²) >= 11 is 5.08. The first-order valence-electron chi connectivity index (χ1n) is 8.05. The normalized spacial score (nSPS) is 11.0. The van der Waals surface area contributed by atoms with Crippen molar-refractivity contribution in [2.45, 2.75) is 20.5 Å². The summed E-state index contributed by atoms with van der Waals surface area (Å²) in [7, 11) is 0. The van der Waals surface area contributed by atoms with Crippen LogP contribution in [-0.4, -0.2) is 21.1 Å². The summed E-state index contributed by atoms with van der Waals surface area (Å²) in [6, 6.07) is 15.6. The van der Waals surface area contributed by atoms with Gasteiger partial charge in [0.1, 0.15) is 18.1 Å². The Kier molecular flexibility index (Phi) is 5.38. The highest BCUT2D eigenvalue weighted by Gasteiger charge is 2.05. The average molecular weight is 366 g/mol. The van der Waals surface area contributed by atoms with Crippen molar-refractivity contribution in [3.63, 3.8) is 0 Å². The topological polar surface area (TPSA) is 72.3 Å². The van der Waals surface area contributed by atoms with Crippen molar-refractivity contribution >= 4 is 18.4 Å². The summed E-state index contributed by atoms with van der Waals surface area (Å²) in [5.74, 6) is 0.674. The van der Waals surface area contributed by atoms with Crippen molar-refractivity contribution in [2.24, 2.45) is 5.10 Å². The van der Waals surface area contributed by atoms with Crippen molar-refractivity contribution in [3.8, 4) is 5.75 Å². The fraction of sp³-hybridized carbons (Fsp3) is 0.158. The van der Waals surface area contributed by atoms with Crippen LogP contribution in [0.3, 0.4) is 0 Å². The number of aromatic amines is 1. The molecule has 0 saturated carbocycles. The maximum Gasteiger partial charge on any atom is 0.296 e. The van der Waals surface area contributed by atoms with Crippen LogP contribution in [0.25, 0.3) is 0 Å². The molecule has 0 aliphatic rings. The zero-order valence-electron chi connectivity index (χ0n) is 14.5. The first-order chi connectivity index (χ1) is 12.6. The van der Waals surface area contributed by atoms with Crippen molar-refractivity contribution < 1.29 is 4.74 Å². The van der Waals surface area contributed by atoms with Crippen LogP contribution < -0.4 is 10.3 Å². The average Bonchev–Trinajstić information content (AvgIpc) is 2.65. The second-order valence-corrected chi connectivity index (χ2v) is 6.12. The summed E-state index contributed by atoms with van der Waals surface area (Å²) < 4.78 is 7.19. The van der Waals surface area contributed by atoms with E-state index < -0.39 is 0 Å². The Labute approximate surface area is 155 Å². The quantitative estimate of drug-likeness (QED) is 0.555. The molecule has 0 radical (unpaired) electrons. The van der Waals surface area contributed by atoms with Gasteiger partial charge in [0.25, 0.3) is 5.56 Å². The number of rotatable bonds is 5. The summed E-state index contributed by atoms with van der Waals surface area (Å²) in [4.78, 5) is 12.1. The number of nitrogens with zero attached hydrogens (tertiary/aromatic N) is 3. The SMILES string of the molecule is Cc1ccccc1COc1ccccc1/C=N/n1c(=S)[nH]nc(C)c1=O. The van der Waals surface area contributed by atoms with Crippen molar-refractivity contribution in [2.75, 3.05) is 0 Å². The van der Waals surface area contributed by atoms with Crippen LogP contribution in [-0.2, 0) is 6.61 Å². The van der Waals surface area contributed by atoms with Crippen molar-refractivity contribution in [1.82, 2.24) is 14.9 Å². The minimum Gasteiger partial charge on any atom is -0.488 e. The number of aromatic nitrogens is 3. The lowest BCUT2D eigenvalue weighted by Gasteiger charge is -2.10. The standard InChI is InChI=1S/C19H18N4O2S/c1-13-7-3-4-9-16(13)12-25-17-10-6-5-8-15(17)11-20-23-18(24)14(2)21-22-19(23)26/h3-11H,12H2,1-2H3,(H,22,26)/b20-11+. The second-order valence-electron chi connectivity index (χ2n) is 5.73. The van der Waals surface area contributed by atoms with E-state index in [-0.39, 0.29) is 10.3 Å². The third kappa shape index (κ3) is 3.94. The molecule has 2 aromatic carbocycles. The molecule has 0 unspecified atom stereocenters. The van der Waals surface area contributed by atoms with E-state index in [4.69, 9.17) is 17.0 Å². The molecule has 1 heterocycles. The predicted molar refractivity (Wildman–Crippen MR) is 103 cm³/mol. The highest BCUT2D eigenvalue weighted by Crippen LogP contribution is 2.18. The van der Waals surface area contributed by atoms with E-state index in [1.54, 1.807) is 13.1 Å². The summed E-state index contributed by atoms with van der Waals surface area (Å²) in [6.45, 7) is 4.09. The Hall–Kier alpha value is -3.06. The van der Waals surface area contributed by atoms with Crippen molar-refractivity contribution in [3.05, 3.63) is 86.0 Å². The second kappa shape index (κ2) is 7.88. The number of aryl methyl sites for hydroxylation is 2. The number of hydrogen-bond donors (Lipinski definition) is 1. The number of hydrogen-bond acceptors (Lipinski definition) is 5. The molecule has 132 valence electrons. The smallest absolute Gasteiger partial charge is 0.296 e. The zero-order valence-corrected chi connectivity index (χ0v) is 15.3. The van der Waals surface area contributed by atoms with E-state index in [0.29, 0.717) is 18.1 Å². The molecule has 1 N–H and O–H groups in total. The lowest BCUT2D eigenvalue weighted by Crippen LogP contribution is -2.22. The van der Waals surface area contributed by atoms with Gasteiger partial charge in [-0.05, 0) is 49.3 Å². The van der Waals surface area contributed by atoms with Gasteiger partial charge in [-0.1, -0.05) is 36.4 Å². The largest absolute Gasteiger partial charge is 0.488 e. The Morgan fingerprint density at radius 2 is 1.92 bits per heavy atom. The summed E-state index contributed by atoms with van der Waals surface area (Å²) in [5.41, 5.74) is 2.96. The Balaban J connectivity index is 1.86. The van der Waals surface area contributed by atoms with E-state index in [1.807, 2.05) is 55.5 Å². The van der Waals surface area contributed by atoms with Crippen LogP contribution in [0.1, 0.15) is 22.4 Å². The van der Waals surface area contributed by atoms with Crippen LogP contribution in [0.15, 0.2) is 58.4 Å². The lowest BCUT2D eigenvalue weighted by atomic mass is 10.1. The fourth-order valence-corrected chi connectivity index (χ4v) is 2.52. The minimum absolute atomic E-state index is 0.134. The third-order valence-corrected chi connectivity index (χ3v) is 4.15. The van der Waals surface area contributed by atoms with Crippen LogP contribution in [0, 0.1) is 18.6 Å². The molecule has 0 saturated heterocycles. The molecule has 0 aliphatic heterocycles. The van der Waals surface area contributed by atoms with Gasteiger partial charge >= 0.3 is 0 Å². The molecular weight excluding hydrogens is 348 g/mol. The van der Waals surface area contributed by atoms with Crippen LogP contribution in [0.5, 0.6) is 5.75 Å². The van der Waals surface area contributed by atoms with E-state index >= 15 is 0 Å². The van der Waals surface area contributed by atoms with Gasteiger partial charge in [0, 0.05) is 5.56 Å². The van der Waals surface area contributed by atoms with Gasteiger partial charge < -0.3 is 4.74 Å². The van der Waals surface area contributed by atoms with E-state index in [0.717, 1.165) is 15.8 Å².